The molecule has 1 aliphatic heterocycles. The molecule has 0 amide bonds. The van der Waals surface area contributed by atoms with E-state index in [1.807, 2.05) is 5.32 Å². The Labute approximate surface area is 98.0 Å². The smallest absolute Gasteiger partial charge is 0.231 e. The molecule has 1 aliphatic rings. The molecule has 1 N–H and O–H groups in total. The lowest BCUT2D eigenvalue weighted by Gasteiger charge is -2.09. The van der Waals surface area contributed by atoms with Gasteiger partial charge in [-0.15, -0.1) is 0 Å². The van der Waals surface area contributed by atoms with Crippen molar-refractivity contribution in [2.45, 2.75) is 12.9 Å². The predicted octanol–water partition coefficient (Wildman–Crippen LogP) is 1.21. The van der Waals surface area contributed by atoms with Crippen LogP contribution in [0.3, 0.4) is 0 Å². The predicted molar refractivity (Wildman–Crippen MR) is 55.4 cm³/mol. The van der Waals surface area contributed by atoms with Gasteiger partial charge < -0.3 is 14.8 Å². The third-order valence-electron chi connectivity index (χ3n) is 1.91. The van der Waals surface area contributed by atoms with Crippen LogP contribution in [0.4, 0.5) is 0 Å². The molecular formula is C11H13NO3. The Morgan fingerprint density at radius 2 is 2.47 bits per heavy atom. The quantitative estimate of drug-likeness (QED) is 0.768. The largest absolute Gasteiger partial charge is 0.454 e. The average molecular weight is 214 g/mol. The van der Waals surface area contributed by atoms with Crippen LogP contribution in [0.2, 0.25) is 0 Å². The van der Waals surface area contributed by atoms with E-state index in [9.17, 15) is 4.79 Å². The van der Waals surface area contributed by atoms with Crippen molar-refractivity contribution in [2.75, 3.05) is 13.8 Å². The molecule has 0 bridgehead atoms. The van der Waals surface area contributed by atoms with E-state index in [0.29, 0.717) is 0 Å². The van der Waals surface area contributed by atoms with E-state index in [0.717, 1.165) is 6.92 Å². The summed E-state index contributed by atoms with van der Waals surface area (Å²) in [6.07, 6.45) is 0. The van der Waals surface area contributed by atoms with Gasteiger partial charge in [0.05, 0.1) is 11.5 Å². The standard InChI is InChI=1S/C11H13NO3/c1-7(12-2)11(13)8-3-4-9-10(5-8)15-6-14-9/h3-5,7,12H,6H2,1-2H3/i2D3,3D,4D,5D,7D. The fourth-order valence-corrected chi connectivity index (χ4v) is 1.09. The average Bonchev–Trinajstić information content (AvgIpc) is 2.82. The van der Waals surface area contributed by atoms with Crippen LogP contribution in [-0.2, 0) is 0 Å². The van der Waals surface area contributed by atoms with E-state index >= 15 is 0 Å². The van der Waals surface area contributed by atoms with Gasteiger partial charge >= 0.3 is 0 Å². The molecule has 4 nitrogen and oxygen atoms in total. The number of carbonyl (C=O) groups excluding carboxylic acids is 1. The number of ether oxygens (including phenoxy) is 2. The first kappa shape index (κ1) is 4.53. The molecule has 15 heavy (non-hydrogen) atoms. The van der Waals surface area contributed by atoms with Crippen LogP contribution in [0, 0.1) is 0 Å². The Bertz CT molecular complexity index is 642. The van der Waals surface area contributed by atoms with Crippen molar-refractivity contribution in [3.63, 3.8) is 0 Å². The van der Waals surface area contributed by atoms with Crippen molar-refractivity contribution in [3.8, 4) is 11.5 Å². The first-order valence-electron chi connectivity index (χ1n) is 7.69. The minimum absolute atomic E-state index is 0.109. The number of Topliss-reactive ketones (excluding diaryl/α,β-unsaturated/α-hetero) is 1. The van der Waals surface area contributed by atoms with Crippen molar-refractivity contribution < 1.29 is 23.9 Å². The van der Waals surface area contributed by atoms with Gasteiger partial charge in [0.2, 0.25) is 6.79 Å². The van der Waals surface area contributed by atoms with Crippen LogP contribution in [0.15, 0.2) is 18.1 Å². The third kappa shape index (κ3) is 1.80. The van der Waals surface area contributed by atoms with Gasteiger partial charge in [-0.2, -0.15) is 0 Å². The topological polar surface area (TPSA) is 47.6 Å². The van der Waals surface area contributed by atoms with E-state index < -0.39 is 42.5 Å². The van der Waals surface area contributed by atoms with Gasteiger partial charge in [0.25, 0.3) is 0 Å². The number of ketones is 1. The minimum Gasteiger partial charge on any atom is -0.454 e. The number of likely N-dealkylation sites (N-methyl/N-ethyl adjacent to an activating group) is 1. The van der Waals surface area contributed by atoms with Gasteiger partial charge in [0.1, 0.15) is 0 Å². The second-order valence-electron chi connectivity index (χ2n) is 2.89. The van der Waals surface area contributed by atoms with E-state index in [1.54, 1.807) is 0 Å². The molecule has 0 aliphatic carbocycles. The highest BCUT2D eigenvalue weighted by atomic mass is 16.7. The van der Waals surface area contributed by atoms with Gasteiger partial charge in [-0.25, -0.2) is 0 Å². The van der Waals surface area contributed by atoms with Crippen molar-refractivity contribution in [2.24, 2.45) is 0 Å². The third-order valence-corrected chi connectivity index (χ3v) is 1.91. The molecule has 2 rings (SSSR count). The van der Waals surface area contributed by atoms with E-state index in [4.69, 9.17) is 19.1 Å². The summed E-state index contributed by atoms with van der Waals surface area (Å²) in [7, 11) is 0. The van der Waals surface area contributed by atoms with Crippen LogP contribution in [0.25, 0.3) is 0 Å². The molecule has 80 valence electrons. The molecule has 1 aromatic carbocycles. The number of benzene rings is 1. The van der Waals surface area contributed by atoms with Gasteiger partial charge in [0, 0.05) is 9.68 Å². The first-order chi connectivity index (χ1) is 9.96. The molecule has 0 saturated heterocycles. The number of carbonyl (C=O) groups is 1. The Kier molecular flexibility index (Phi) is 1.18. The van der Waals surface area contributed by atoms with Gasteiger partial charge in [-0.1, -0.05) is 0 Å². The van der Waals surface area contributed by atoms with Crippen molar-refractivity contribution >= 4 is 5.78 Å². The van der Waals surface area contributed by atoms with Gasteiger partial charge in [-0.3, -0.25) is 4.79 Å². The fraction of sp³-hybridized carbons (Fsp3) is 0.364. The molecule has 4 heteroatoms. The first-order valence-corrected chi connectivity index (χ1v) is 4.19. The van der Waals surface area contributed by atoms with Crippen molar-refractivity contribution in [3.05, 3.63) is 23.7 Å². The van der Waals surface area contributed by atoms with E-state index in [2.05, 4.69) is 0 Å². The molecule has 1 unspecified atom stereocenters. The summed E-state index contributed by atoms with van der Waals surface area (Å²) in [4.78, 5) is 12.4. The SMILES string of the molecule is [2H]c1c([2H])c(C(=O)C([2H])(C)NC([2H])([2H])[2H])c([2H])c2c1OCO2. The number of hydrogen-bond donors (Lipinski definition) is 1. The summed E-state index contributed by atoms with van der Waals surface area (Å²) in [6, 6.07) is -3.84. The minimum atomic E-state index is -2.75. The highest BCUT2D eigenvalue weighted by molar-refractivity contribution is 6.00. The van der Waals surface area contributed by atoms with Crippen LogP contribution in [0.1, 0.15) is 26.9 Å². The summed E-state index contributed by atoms with van der Waals surface area (Å²) in [6.45, 7) is -1.98. The lowest BCUT2D eigenvalue weighted by atomic mass is 10.1. The number of fused-ring (bicyclic) bond motifs is 1. The second kappa shape index (κ2) is 3.90. The van der Waals surface area contributed by atoms with Crippen LogP contribution in [-0.4, -0.2) is 25.6 Å². The monoisotopic (exact) mass is 214 g/mol. The van der Waals surface area contributed by atoms with Crippen LogP contribution < -0.4 is 14.8 Å². The summed E-state index contributed by atoms with van der Waals surface area (Å²) in [5.41, 5.74) is -0.552. The molecule has 0 saturated carbocycles. The van der Waals surface area contributed by atoms with E-state index in [1.165, 1.54) is 0 Å². The van der Waals surface area contributed by atoms with Gasteiger partial charge in [0.15, 0.2) is 17.3 Å². The van der Waals surface area contributed by atoms with Crippen molar-refractivity contribution in [1.82, 2.24) is 5.32 Å². The summed E-state index contributed by atoms with van der Waals surface area (Å²) >= 11 is 0. The maximum Gasteiger partial charge on any atom is 0.231 e. The molecule has 1 aromatic rings. The Hall–Kier alpha value is -1.55. The Morgan fingerprint density at radius 3 is 3.27 bits per heavy atom. The maximum atomic E-state index is 12.4. The molecule has 0 fully saturated rings. The highest BCUT2D eigenvalue weighted by Gasteiger charge is 2.18. The number of hydrogen-bond acceptors (Lipinski definition) is 4. The van der Waals surface area contributed by atoms with Gasteiger partial charge in [-0.05, 0) is 32.0 Å². The summed E-state index contributed by atoms with van der Waals surface area (Å²) in [5, 5.41) is 1.85. The Balaban J connectivity index is 2.54. The zero-order valence-electron chi connectivity index (χ0n) is 14.9. The molecule has 1 heterocycles. The molecule has 1 atom stereocenters. The molecular weight excluding hydrogens is 194 g/mol. The maximum absolute atomic E-state index is 12.4. The summed E-state index contributed by atoms with van der Waals surface area (Å²) in [5.74, 6) is -1.37. The number of rotatable bonds is 3. The van der Waals surface area contributed by atoms with Crippen molar-refractivity contribution in [1.29, 1.82) is 0 Å². The van der Waals surface area contributed by atoms with E-state index in [-0.39, 0.29) is 18.3 Å². The molecule has 0 spiro atoms. The summed E-state index contributed by atoms with van der Waals surface area (Å²) < 4.78 is 62.7. The lowest BCUT2D eigenvalue weighted by molar-refractivity contribution is 0.0954. The lowest BCUT2D eigenvalue weighted by Crippen LogP contribution is -2.30. The Morgan fingerprint density at radius 1 is 1.67 bits per heavy atom. The van der Waals surface area contributed by atoms with Crippen LogP contribution >= 0.6 is 0 Å². The number of nitrogens with one attached hydrogen (secondary N) is 1. The zero-order chi connectivity index (χ0) is 16.9. The second-order valence-corrected chi connectivity index (χ2v) is 2.89. The molecule has 0 radical (unpaired) electrons. The zero-order valence-corrected chi connectivity index (χ0v) is 7.93. The van der Waals surface area contributed by atoms with Crippen LogP contribution in [0.5, 0.6) is 11.5 Å². The fourth-order valence-electron chi connectivity index (χ4n) is 1.09. The normalized spacial score (nSPS) is 24.7. The highest BCUT2D eigenvalue weighted by Crippen LogP contribution is 2.32. The molecule has 0 aromatic heterocycles.